The standard InChI is InChI=1S/C16H36Si4/c1-13(2,3)19(14(4,5)6)17-18-20(19,15(7,8)9)16(10,11)12/h1-12H3. The largest absolute Gasteiger partial charge is 0.0630 e. The van der Waals surface area contributed by atoms with Gasteiger partial charge in [0.25, 0.3) is 0 Å². The molecule has 20 heavy (non-hydrogen) atoms. The highest BCUT2D eigenvalue weighted by molar-refractivity contribution is 7.99. The van der Waals surface area contributed by atoms with Crippen molar-refractivity contribution in [3.63, 3.8) is 0 Å². The zero-order chi connectivity index (χ0) is 16.4. The van der Waals surface area contributed by atoms with E-state index < -0.39 is 14.2 Å². The van der Waals surface area contributed by atoms with E-state index in [1.165, 1.54) is 17.1 Å². The topological polar surface area (TPSA) is 0 Å². The molecule has 116 valence electrons. The molecule has 4 radical (unpaired) electrons. The van der Waals surface area contributed by atoms with Gasteiger partial charge in [0, 0.05) is 31.3 Å². The lowest BCUT2D eigenvalue weighted by molar-refractivity contribution is 0.604. The van der Waals surface area contributed by atoms with E-state index in [2.05, 4.69) is 83.1 Å². The molecular formula is C16H36Si4. The van der Waals surface area contributed by atoms with Crippen LogP contribution in [0.2, 0.25) is 20.2 Å². The van der Waals surface area contributed by atoms with E-state index in [4.69, 9.17) is 0 Å². The van der Waals surface area contributed by atoms with E-state index in [9.17, 15) is 0 Å². The second-order valence-electron chi connectivity index (χ2n) is 10.8. The minimum Gasteiger partial charge on any atom is -0.0630 e. The number of rotatable bonds is 0. The van der Waals surface area contributed by atoms with E-state index >= 15 is 0 Å². The molecule has 1 aliphatic rings. The van der Waals surface area contributed by atoms with Gasteiger partial charge in [-0.1, -0.05) is 83.1 Å². The maximum Gasteiger partial charge on any atom is 0.0425 e. The van der Waals surface area contributed by atoms with Gasteiger partial charge in [0.2, 0.25) is 0 Å². The van der Waals surface area contributed by atoms with Gasteiger partial charge in [0.05, 0.1) is 0 Å². The molecule has 0 aliphatic carbocycles. The zero-order valence-electron chi connectivity index (χ0n) is 16.0. The van der Waals surface area contributed by atoms with Gasteiger partial charge in [-0.15, -0.1) is 0 Å². The molecule has 0 amide bonds. The summed E-state index contributed by atoms with van der Waals surface area (Å²) in [4.78, 5) is 0. The Morgan fingerprint density at radius 2 is 0.550 bits per heavy atom. The second kappa shape index (κ2) is 4.68. The number of hydrogen-bond donors (Lipinski definition) is 0. The quantitative estimate of drug-likeness (QED) is 0.511. The molecule has 1 aliphatic heterocycles. The van der Waals surface area contributed by atoms with Crippen LogP contribution in [0, 0.1) is 0 Å². The molecule has 0 aromatic carbocycles. The molecule has 0 aromatic heterocycles. The van der Waals surface area contributed by atoms with Crippen LogP contribution >= 0.6 is 0 Å². The maximum absolute atomic E-state index is 2.58. The fourth-order valence-electron chi connectivity index (χ4n) is 5.56. The van der Waals surface area contributed by atoms with E-state index in [1.54, 1.807) is 0 Å². The highest BCUT2D eigenvalue weighted by atomic mass is 30.1. The van der Waals surface area contributed by atoms with Crippen molar-refractivity contribution in [2.75, 3.05) is 0 Å². The van der Waals surface area contributed by atoms with E-state index in [-0.39, 0.29) is 0 Å². The van der Waals surface area contributed by atoms with Gasteiger partial charge in [-0.3, -0.25) is 0 Å². The summed E-state index contributed by atoms with van der Waals surface area (Å²) in [5.74, 6) is 0. The SMILES string of the molecule is CC(C)(C)[Si]1(C(C)(C)C)[Si][Si][Si]1(C(C)(C)C)C(C)(C)C. The minimum absolute atomic E-state index is 0.543. The summed E-state index contributed by atoms with van der Waals surface area (Å²) in [5.41, 5.74) is 0. The van der Waals surface area contributed by atoms with Crippen LogP contribution in [0.4, 0.5) is 0 Å². The average Bonchev–Trinajstić information content (AvgIpc) is 1.86. The van der Waals surface area contributed by atoms with E-state index in [0.29, 0.717) is 20.2 Å². The molecule has 1 saturated heterocycles. The van der Waals surface area contributed by atoms with Crippen molar-refractivity contribution in [1.29, 1.82) is 0 Å². The van der Waals surface area contributed by atoms with Gasteiger partial charge in [0.1, 0.15) is 0 Å². The van der Waals surface area contributed by atoms with Crippen LogP contribution in [0.15, 0.2) is 0 Å². The Hall–Kier alpha value is 0.868. The van der Waals surface area contributed by atoms with E-state index in [1.807, 2.05) is 0 Å². The summed E-state index contributed by atoms with van der Waals surface area (Å²) in [5, 5.41) is 2.17. The summed E-state index contributed by atoms with van der Waals surface area (Å²) in [6.07, 6.45) is 0. The third kappa shape index (κ3) is 2.16. The first-order valence-corrected chi connectivity index (χ1v) is 18.0. The van der Waals surface area contributed by atoms with Crippen LogP contribution in [0.3, 0.4) is 0 Å². The van der Waals surface area contributed by atoms with Crippen LogP contribution < -0.4 is 0 Å². The third-order valence-corrected chi connectivity index (χ3v) is 67.5. The van der Waals surface area contributed by atoms with Crippen molar-refractivity contribution in [2.24, 2.45) is 0 Å². The fourth-order valence-corrected chi connectivity index (χ4v) is 86.1. The Bertz CT molecular complexity index is 305. The Balaban J connectivity index is 3.72. The van der Waals surface area contributed by atoms with Gasteiger partial charge in [-0.05, 0) is 20.2 Å². The molecule has 0 unspecified atom stereocenters. The molecule has 0 aromatic rings. The molecule has 0 N–H and O–H groups in total. The lowest BCUT2D eigenvalue weighted by Gasteiger charge is -2.76. The summed E-state index contributed by atoms with van der Waals surface area (Å²) < 4.78 is 0. The molecule has 1 fully saturated rings. The molecule has 0 spiro atoms. The third-order valence-electron chi connectivity index (χ3n) is 5.50. The van der Waals surface area contributed by atoms with Crippen LogP contribution in [0.25, 0.3) is 0 Å². The molecular weight excluding hydrogens is 305 g/mol. The van der Waals surface area contributed by atoms with Crippen molar-refractivity contribution < 1.29 is 0 Å². The second-order valence-corrected chi connectivity index (χ2v) is 38.2. The van der Waals surface area contributed by atoms with Crippen molar-refractivity contribution >= 4 is 31.3 Å². The normalized spacial score (nSPS) is 23.4. The molecule has 0 bridgehead atoms. The van der Waals surface area contributed by atoms with Gasteiger partial charge in [-0.25, -0.2) is 0 Å². The van der Waals surface area contributed by atoms with E-state index in [0.717, 1.165) is 0 Å². The highest BCUT2D eigenvalue weighted by Gasteiger charge is 2.77. The van der Waals surface area contributed by atoms with Gasteiger partial charge < -0.3 is 0 Å². The molecule has 4 heteroatoms. The predicted molar refractivity (Wildman–Crippen MR) is 102 cm³/mol. The molecule has 0 saturated carbocycles. The Morgan fingerprint density at radius 1 is 0.400 bits per heavy atom. The van der Waals surface area contributed by atoms with Crippen LogP contribution in [-0.2, 0) is 0 Å². The zero-order valence-corrected chi connectivity index (χ0v) is 20.0. The average molecular weight is 341 g/mol. The summed E-state index contributed by atoms with van der Waals surface area (Å²) in [7, 11) is -0.0109. The fraction of sp³-hybridized carbons (Fsp3) is 1.00. The van der Waals surface area contributed by atoms with Crippen LogP contribution in [-0.4, -0.2) is 31.3 Å². The van der Waals surface area contributed by atoms with Gasteiger partial charge in [0.15, 0.2) is 0 Å². The Labute approximate surface area is 134 Å². The minimum atomic E-state index is -1.32. The molecule has 0 atom stereocenters. The lowest BCUT2D eigenvalue weighted by Crippen LogP contribution is -2.94. The summed E-state index contributed by atoms with van der Waals surface area (Å²) in [6.45, 7) is 31.0. The Morgan fingerprint density at radius 3 is 0.600 bits per heavy atom. The first-order chi connectivity index (χ1) is 8.46. The molecule has 1 rings (SSSR count). The van der Waals surface area contributed by atoms with Gasteiger partial charge in [-0.2, -0.15) is 0 Å². The number of hydrogen-bond acceptors (Lipinski definition) is 0. The summed E-state index contributed by atoms with van der Waals surface area (Å²) >= 11 is 0. The summed E-state index contributed by atoms with van der Waals surface area (Å²) in [6, 6.07) is 0. The first-order valence-electron chi connectivity index (χ1n) is 8.00. The lowest BCUT2D eigenvalue weighted by atomic mass is 10.2. The first kappa shape index (κ1) is 18.9. The van der Waals surface area contributed by atoms with Crippen molar-refractivity contribution in [1.82, 2.24) is 0 Å². The van der Waals surface area contributed by atoms with Crippen LogP contribution in [0.5, 0.6) is 0 Å². The van der Waals surface area contributed by atoms with Crippen LogP contribution in [0.1, 0.15) is 83.1 Å². The van der Waals surface area contributed by atoms with Crippen molar-refractivity contribution in [3.8, 4) is 0 Å². The van der Waals surface area contributed by atoms with Crippen molar-refractivity contribution in [2.45, 2.75) is 103 Å². The maximum atomic E-state index is 2.58. The molecule has 0 nitrogen and oxygen atoms in total. The Kier molecular flexibility index (Phi) is 4.43. The predicted octanol–water partition coefficient (Wildman–Crippen LogP) is 5.49. The molecule has 1 heterocycles. The highest BCUT2D eigenvalue weighted by Crippen LogP contribution is 2.69. The van der Waals surface area contributed by atoms with Crippen molar-refractivity contribution in [3.05, 3.63) is 0 Å². The van der Waals surface area contributed by atoms with Gasteiger partial charge >= 0.3 is 0 Å². The smallest absolute Gasteiger partial charge is 0.0425 e. The monoisotopic (exact) mass is 340 g/mol.